The lowest BCUT2D eigenvalue weighted by molar-refractivity contribution is 0.0911. The molecule has 3 nitrogen and oxygen atoms in total. The summed E-state index contributed by atoms with van der Waals surface area (Å²) in [4.78, 5) is 12.2. The van der Waals surface area contributed by atoms with Crippen LogP contribution in [0.2, 0.25) is 0 Å². The van der Waals surface area contributed by atoms with Gasteiger partial charge in [-0.05, 0) is 37.3 Å². The van der Waals surface area contributed by atoms with Crippen molar-refractivity contribution < 1.29 is 9.18 Å². The number of nitrogens with two attached hydrogens (primary N) is 1. The Bertz CT molecular complexity index is 470. The summed E-state index contributed by atoms with van der Waals surface area (Å²) in [5.41, 5.74) is 6.39. The monoisotopic (exact) mass is 278 g/mol. The lowest BCUT2D eigenvalue weighted by atomic mass is 9.84. The van der Waals surface area contributed by atoms with E-state index < -0.39 is 5.82 Å². The molecule has 0 saturated heterocycles. The van der Waals surface area contributed by atoms with Gasteiger partial charge in [-0.1, -0.05) is 31.4 Å². The molecule has 20 heavy (non-hydrogen) atoms. The maximum atomic E-state index is 14.0. The number of halogens is 1. The molecule has 0 bridgehead atoms. The second-order valence-electron chi connectivity index (χ2n) is 5.65. The first-order valence-electron chi connectivity index (χ1n) is 7.39. The standard InChI is InChI=1S/C16H23FN2O/c1-11-6-5-9-13(15(11)17)16(20)19-14(10-18)12-7-3-2-4-8-12/h5-6,9,12,14H,2-4,7-8,10,18H2,1H3,(H,19,20). The fourth-order valence-electron chi connectivity index (χ4n) is 2.97. The van der Waals surface area contributed by atoms with Crippen molar-refractivity contribution in [1.29, 1.82) is 0 Å². The van der Waals surface area contributed by atoms with Gasteiger partial charge in [0, 0.05) is 12.6 Å². The maximum Gasteiger partial charge on any atom is 0.254 e. The van der Waals surface area contributed by atoms with Gasteiger partial charge < -0.3 is 11.1 Å². The molecule has 2 rings (SSSR count). The first kappa shape index (κ1) is 15.0. The molecule has 1 saturated carbocycles. The minimum absolute atomic E-state index is 0.0530. The van der Waals surface area contributed by atoms with Gasteiger partial charge in [-0.3, -0.25) is 4.79 Å². The van der Waals surface area contributed by atoms with E-state index in [1.165, 1.54) is 25.3 Å². The highest BCUT2D eigenvalue weighted by atomic mass is 19.1. The molecule has 1 aliphatic carbocycles. The SMILES string of the molecule is Cc1cccc(C(=O)NC(CN)C2CCCCC2)c1F. The number of nitrogens with one attached hydrogen (secondary N) is 1. The van der Waals surface area contributed by atoms with Crippen LogP contribution < -0.4 is 11.1 Å². The summed E-state index contributed by atoms with van der Waals surface area (Å²) in [6, 6.07) is 4.83. The quantitative estimate of drug-likeness (QED) is 0.889. The number of carbonyl (C=O) groups is 1. The largest absolute Gasteiger partial charge is 0.348 e. The number of carbonyl (C=O) groups excluding carboxylic acids is 1. The third kappa shape index (κ3) is 3.37. The predicted octanol–water partition coefficient (Wildman–Crippen LogP) is 2.77. The second-order valence-corrected chi connectivity index (χ2v) is 5.65. The predicted molar refractivity (Wildman–Crippen MR) is 78.0 cm³/mol. The van der Waals surface area contributed by atoms with Gasteiger partial charge in [0.25, 0.3) is 5.91 Å². The highest BCUT2D eigenvalue weighted by molar-refractivity contribution is 5.94. The molecule has 110 valence electrons. The Labute approximate surface area is 119 Å². The van der Waals surface area contributed by atoms with E-state index in [0.29, 0.717) is 18.0 Å². The van der Waals surface area contributed by atoms with Crippen molar-refractivity contribution in [2.24, 2.45) is 11.7 Å². The van der Waals surface area contributed by atoms with Crippen molar-refractivity contribution in [2.45, 2.75) is 45.1 Å². The molecule has 0 heterocycles. The molecule has 1 aromatic rings. The van der Waals surface area contributed by atoms with Crippen molar-refractivity contribution in [3.63, 3.8) is 0 Å². The molecule has 0 radical (unpaired) electrons. The summed E-state index contributed by atoms with van der Waals surface area (Å²) in [6.45, 7) is 2.07. The van der Waals surface area contributed by atoms with E-state index in [-0.39, 0.29) is 17.5 Å². The Hall–Kier alpha value is -1.42. The summed E-state index contributed by atoms with van der Waals surface area (Å²) < 4.78 is 14.0. The van der Waals surface area contributed by atoms with Gasteiger partial charge in [-0.25, -0.2) is 4.39 Å². The molecule has 0 aliphatic heterocycles. The number of amides is 1. The molecule has 0 aromatic heterocycles. The van der Waals surface area contributed by atoms with Gasteiger partial charge in [0.1, 0.15) is 5.82 Å². The van der Waals surface area contributed by atoms with Gasteiger partial charge in [-0.15, -0.1) is 0 Å². The minimum atomic E-state index is -0.440. The number of hydrogen-bond donors (Lipinski definition) is 2. The molecule has 1 unspecified atom stereocenters. The molecule has 1 amide bonds. The van der Waals surface area contributed by atoms with Gasteiger partial charge >= 0.3 is 0 Å². The Kier molecular flexibility index (Phi) is 5.12. The van der Waals surface area contributed by atoms with Crippen LogP contribution in [0, 0.1) is 18.7 Å². The zero-order valence-corrected chi connectivity index (χ0v) is 12.0. The van der Waals surface area contributed by atoms with Crippen LogP contribution in [-0.4, -0.2) is 18.5 Å². The molecule has 1 aromatic carbocycles. The van der Waals surface area contributed by atoms with Crippen molar-refractivity contribution in [1.82, 2.24) is 5.32 Å². The van der Waals surface area contributed by atoms with Crippen molar-refractivity contribution >= 4 is 5.91 Å². The lowest BCUT2D eigenvalue weighted by Gasteiger charge is -2.30. The Morgan fingerprint density at radius 2 is 2.10 bits per heavy atom. The average Bonchev–Trinajstić information content (AvgIpc) is 2.48. The number of benzene rings is 1. The second kappa shape index (κ2) is 6.84. The van der Waals surface area contributed by atoms with Crippen LogP contribution in [0.15, 0.2) is 18.2 Å². The van der Waals surface area contributed by atoms with Crippen LogP contribution in [0.3, 0.4) is 0 Å². The van der Waals surface area contributed by atoms with Crippen molar-refractivity contribution in [3.05, 3.63) is 35.1 Å². The number of rotatable bonds is 4. The number of aryl methyl sites for hydroxylation is 1. The smallest absolute Gasteiger partial charge is 0.254 e. The zero-order chi connectivity index (χ0) is 14.5. The summed E-state index contributed by atoms with van der Waals surface area (Å²) in [7, 11) is 0. The van der Waals surface area contributed by atoms with Crippen LogP contribution in [0.25, 0.3) is 0 Å². The third-order valence-corrected chi connectivity index (χ3v) is 4.23. The van der Waals surface area contributed by atoms with E-state index in [1.807, 2.05) is 0 Å². The fraction of sp³-hybridized carbons (Fsp3) is 0.562. The molecule has 3 N–H and O–H groups in total. The van der Waals surface area contributed by atoms with Gasteiger partial charge in [-0.2, -0.15) is 0 Å². The van der Waals surface area contributed by atoms with E-state index in [2.05, 4.69) is 5.32 Å². The van der Waals surface area contributed by atoms with Crippen LogP contribution >= 0.6 is 0 Å². The summed E-state index contributed by atoms with van der Waals surface area (Å²) >= 11 is 0. The van der Waals surface area contributed by atoms with Crippen LogP contribution in [0.4, 0.5) is 4.39 Å². The van der Waals surface area contributed by atoms with Gasteiger partial charge in [0.05, 0.1) is 5.56 Å². The van der Waals surface area contributed by atoms with E-state index in [9.17, 15) is 9.18 Å². The van der Waals surface area contributed by atoms with E-state index in [0.717, 1.165) is 12.8 Å². The molecule has 1 aliphatic rings. The van der Waals surface area contributed by atoms with E-state index >= 15 is 0 Å². The lowest BCUT2D eigenvalue weighted by Crippen LogP contribution is -2.46. The summed E-state index contributed by atoms with van der Waals surface area (Å²) in [5, 5.41) is 2.92. The van der Waals surface area contributed by atoms with Crippen LogP contribution in [-0.2, 0) is 0 Å². The number of hydrogen-bond acceptors (Lipinski definition) is 2. The zero-order valence-electron chi connectivity index (χ0n) is 12.0. The minimum Gasteiger partial charge on any atom is -0.348 e. The fourth-order valence-corrected chi connectivity index (χ4v) is 2.97. The van der Waals surface area contributed by atoms with Gasteiger partial charge in [0.2, 0.25) is 0 Å². The van der Waals surface area contributed by atoms with Crippen molar-refractivity contribution in [3.8, 4) is 0 Å². The first-order valence-corrected chi connectivity index (χ1v) is 7.39. The molecular weight excluding hydrogens is 255 g/mol. The Balaban J connectivity index is 2.06. The molecule has 0 spiro atoms. The van der Waals surface area contributed by atoms with Crippen molar-refractivity contribution in [2.75, 3.05) is 6.54 Å². The highest BCUT2D eigenvalue weighted by Crippen LogP contribution is 2.26. The Morgan fingerprint density at radius 1 is 1.40 bits per heavy atom. The van der Waals surface area contributed by atoms with E-state index in [4.69, 9.17) is 5.73 Å². The summed E-state index contributed by atoms with van der Waals surface area (Å²) in [5.74, 6) is -0.373. The molecule has 4 heteroatoms. The topological polar surface area (TPSA) is 55.1 Å². The van der Waals surface area contributed by atoms with Gasteiger partial charge in [0.15, 0.2) is 0 Å². The van der Waals surface area contributed by atoms with E-state index in [1.54, 1.807) is 19.1 Å². The molecule has 1 atom stereocenters. The first-order chi connectivity index (χ1) is 9.63. The Morgan fingerprint density at radius 3 is 2.75 bits per heavy atom. The van der Waals surface area contributed by atoms with Crippen LogP contribution in [0.1, 0.15) is 48.0 Å². The maximum absolute atomic E-state index is 14.0. The highest BCUT2D eigenvalue weighted by Gasteiger charge is 2.25. The third-order valence-electron chi connectivity index (χ3n) is 4.23. The molecular formula is C16H23FN2O. The van der Waals surface area contributed by atoms with Crippen LogP contribution in [0.5, 0.6) is 0 Å². The summed E-state index contributed by atoms with van der Waals surface area (Å²) in [6.07, 6.45) is 5.83. The molecule has 1 fully saturated rings. The normalized spacial score (nSPS) is 17.8. The average molecular weight is 278 g/mol.